The van der Waals surface area contributed by atoms with Gasteiger partial charge in [-0.15, -0.1) is 0 Å². The molecule has 1 aromatic rings. The lowest BCUT2D eigenvalue weighted by Gasteiger charge is -2.39. The zero-order valence-electron chi connectivity index (χ0n) is 14.7. The van der Waals surface area contributed by atoms with Crippen molar-refractivity contribution in [2.45, 2.75) is 25.8 Å². The van der Waals surface area contributed by atoms with Crippen molar-refractivity contribution >= 4 is 28.8 Å². The second-order valence-corrected chi connectivity index (χ2v) is 8.38. The van der Waals surface area contributed by atoms with Crippen LogP contribution in [0.3, 0.4) is 0 Å². The number of likely N-dealkylation sites (tertiary alicyclic amines) is 1. The summed E-state index contributed by atoms with van der Waals surface area (Å²) >= 11 is 1.03. The largest absolute Gasteiger partial charge is 0.339 e. The van der Waals surface area contributed by atoms with Gasteiger partial charge < -0.3 is 10.2 Å². The van der Waals surface area contributed by atoms with Crippen LogP contribution in [0.5, 0.6) is 0 Å². The summed E-state index contributed by atoms with van der Waals surface area (Å²) in [6.45, 7) is 3.98. The summed E-state index contributed by atoms with van der Waals surface area (Å²) in [4.78, 5) is 39.6. The van der Waals surface area contributed by atoms with Crippen molar-refractivity contribution in [2.75, 3.05) is 31.9 Å². The highest BCUT2D eigenvalue weighted by molar-refractivity contribution is 8.14. The van der Waals surface area contributed by atoms with Gasteiger partial charge in [-0.2, -0.15) is 0 Å². The lowest BCUT2D eigenvalue weighted by atomic mass is 9.78. The first-order valence-electron chi connectivity index (χ1n) is 9.12. The van der Waals surface area contributed by atoms with E-state index in [-0.39, 0.29) is 29.4 Å². The van der Waals surface area contributed by atoms with E-state index in [1.165, 1.54) is 11.3 Å². The van der Waals surface area contributed by atoms with Crippen LogP contribution in [0.2, 0.25) is 0 Å². The molecule has 7 heteroatoms. The summed E-state index contributed by atoms with van der Waals surface area (Å²) in [6, 6.07) is 7.31. The summed E-state index contributed by atoms with van der Waals surface area (Å²) in [5.74, 6) is 0.0892. The molecule has 3 fully saturated rings. The molecule has 0 saturated carbocycles. The number of nitrogens with one attached hydrogen (secondary N) is 1. The molecule has 3 aliphatic heterocycles. The molecule has 3 saturated heterocycles. The zero-order valence-corrected chi connectivity index (χ0v) is 15.5. The Morgan fingerprint density at radius 1 is 1.19 bits per heavy atom. The molecule has 6 nitrogen and oxygen atoms in total. The Kier molecular flexibility index (Phi) is 4.75. The third-order valence-electron chi connectivity index (χ3n) is 5.80. The highest BCUT2D eigenvalue weighted by atomic mass is 32.2. The van der Waals surface area contributed by atoms with Crippen molar-refractivity contribution in [3.8, 4) is 0 Å². The van der Waals surface area contributed by atoms with E-state index in [1.54, 1.807) is 0 Å². The molecule has 4 rings (SSSR count). The second kappa shape index (κ2) is 7.04. The molecule has 0 atom stereocenters. The van der Waals surface area contributed by atoms with Gasteiger partial charge in [0.25, 0.3) is 11.1 Å². The predicted molar refractivity (Wildman–Crippen MR) is 99.9 cm³/mol. The first kappa shape index (κ1) is 17.5. The summed E-state index contributed by atoms with van der Waals surface area (Å²) in [7, 11) is 0. The van der Waals surface area contributed by atoms with Gasteiger partial charge in [-0.25, -0.2) is 0 Å². The number of benzene rings is 1. The van der Waals surface area contributed by atoms with Crippen molar-refractivity contribution in [1.29, 1.82) is 0 Å². The van der Waals surface area contributed by atoms with Gasteiger partial charge in [0.2, 0.25) is 5.91 Å². The molecule has 0 bridgehead atoms. The van der Waals surface area contributed by atoms with Crippen LogP contribution in [0.4, 0.5) is 4.79 Å². The number of hydrogen-bond acceptors (Lipinski definition) is 5. The van der Waals surface area contributed by atoms with E-state index in [9.17, 15) is 14.4 Å². The lowest BCUT2D eigenvalue weighted by Crippen LogP contribution is -2.44. The first-order valence-corrected chi connectivity index (χ1v) is 10.1. The first-order chi connectivity index (χ1) is 12.6. The molecule has 3 heterocycles. The number of amides is 3. The molecule has 3 amide bonds. The minimum Gasteiger partial charge on any atom is -0.339 e. The van der Waals surface area contributed by atoms with Crippen LogP contribution >= 0.6 is 11.8 Å². The van der Waals surface area contributed by atoms with Crippen LogP contribution in [-0.2, 0) is 11.3 Å². The van der Waals surface area contributed by atoms with E-state index in [0.717, 1.165) is 56.3 Å². The van der Waals surface area contributed by atoms with Crippen LogP contribution in [0.15, 0.2) is 24.3 Å². The number of carbonyl (C=O) groups is 3. The number of rotatable bonds is 3. The third-order valence-corrected chi connectivity index (χ3v) is 6.66. The Balaban J connectivity index is 1.42. The van der Waals surface area contributed by atoms with E-state index in [0.29, 0.717) is 11.0 Å². The Hall–Kier alpha value is -1.86. The molecule has 3 aliphatic rings. The number of nitrogens with zero attached hydrogens (tertiary/aromatic N) is 2. The zero-order chi connectivity index (χ0) is 18.1. The molecule has 0 aromatic heterocycles. The molecule has 0 aliphatic carbocycles. The quantitative estimate of drug-likeness (QED) is 0.879. The number of hydrogen-bond donors (Lipinski definition) is 1. The van der Waals surface area contributed by atoms with E-state index < -0.39 is 0 Å². The van der Waals surface area contributed by atoms with Crippen LogP contribution in [0.1, 0.15) is 35.2 Å². The third kappa shape index (κ3) is 3.38. The maximum absolute atomic E-state index is 12.9. The van der Waals surface area contributed by atoms with Crippen molar-refractivity contribution in [3.63, 3.8) is 0 Å². The average Bonchev–Trinajstić information content (AvgIpc) is 3.24. The Bertz CT molecular complexity index is 719. The van der Waals surface area contributed by atoms with Gasteiger partial charge in [-0.1, -0.05) is 23.9 Å². The molecule has 1 aromatic carbocycles. The Labute approximate surface area is 157 Å². The van der Waals surface area contributed by atoms with Gasteiger partial charge in [-0.3, -0.25) is 19.3 Å². The van der Waals surface area contributed by atoms with Crippen LogP contribution in [-0.4, -0.2) is 58.8 Å². The molecule has 1 N–H and O–H groups in total. The molecule has 0 radical (unpaired) electrons. The summed E-state index contributed by atoms with van der Waals surface area (Å²) < 4.78 is 0. The van der Waals surface area contributed by atoms with Gasteiger partial charge in [0.1, 0.15) is 0 Å². The maximum Gasteiger partial charge on any atom is 0.289 e. The monoisotopic (exact) mass is 373 g/mol. The minimum atomic E-state index is -0.210. The average molecular weight is 373 g/mol. The van der Waals surface area contributed by atoms with Crippen molar-refractivity contribution in [2.24, 2.45) is 5.41 Å². The van der Waals surface area contributed by atoms with Gasteiger partial charge >= 0.3 is 0 Å². The molecular formula is C19H23N3O3S. The molecule has 1 spiro atoms. The highest BCUT2D eigenvalue weighted by Gasteiger charge is 2.38. The Morgan fingerprint density at radius 3 is 2.65 bits per heavy atom. The van der Waals surface area contributed by atoms with Crippen molar-refractivity contribution < 1.29 is 14.4 Å². The fraction of sp³-hybridized carbons (Fsp3) is 0.526. The number of thioether (sulfide) groups is 1. The van der Waals surface area contributed by atoms with Crippen LogP contribution in [0, 0.1) is 5.41 Å². The summed E-state index contributed by atoms with van der Waals surface area (Å²) in [5.41, 5.74) is 1.83. The molecular weight excluding hydrogens is 350 g/mol. The minimum absolute atomic E-state index is 0.0427. The Morgan fingerprint density at radius 2 is 2.00 bits per heavy atom. The standard InChI is InChI=1S/C19H23N3O3S/c23-16-12-26-18(25)22(16)11-14-2-1-3-15(10-14)17(24)21-8-5-19(6-9-21)4-7-20-13-19/h1-3,10,20H,4-9,11-13H2. The van der Waals surface area contributed by atoms with Crippen molar-refractivity contribution in [1.82, 2.24) is 15.1 Å². The second-order valence-electron chi connectivity index (χ2n) is 7.45. The van der Waals surface area contributed by atoms with Gasteiger partial charge in [0, 0.05) is 25.2 Å². The van der Waals surface area contributed by atoms with E-state index in [2.05, 4.69) is 5.32 Å². The fourth-order valence-electron chi connectivity index (χ4n) is 4.11. The number of piperidine rings is 1. The number of imide groups is 1. The highest BCUT2D eigenvalue weighted by Crippen LogP contribution is 2.37. The smallest absolute Gasteiger partial charge is 0.289 e. The van der Waals surface area contributed by atoms with E-state index >= 15 is 0 Å². The maximum atomic E-state index is 12.9. The van der Waals surface area contributed by atoms with Gasteiger partial charge in [0.05, 0.1) is 12.3 Å². The molecule has 138 valence electrons. The molecule has 0 unspecified atom stereocenters. The van der Waals surface area contributed by atoms with Crippen LogP contribution < -0.4 is 5.32 Å². The van der Waals surface area contributed by atoms with Gasteiger partial charge in [0.15, 0.2) is 0 Å². The van der Waals surface area contributed by atoms with E-state index in [1.807, 2.05) is 29.2 Å². The van der Waals surface area contributed by atoms with Crippen molar-refractivity contribution in [3.05, 3.63) is 35.4 Å². The normalized spacial score (nSPS) is 22.5. The summed E-state index contributed by atoms with van der Waals surface area (Å²) in [6.07, 6.45) is 3.32. The lowest BCUT2D eigenvalue weighted by molar-refractivity contribution is -0.125. The fourth-order valence-corrected chi connectivity index (χ4v) is 4.83. The summed E-state index contributed by atoms with van der Waals surface area (Å²) in [5, 5.41) is 3.23. The van der Waals surface area contributed by atoms with Crippen LogP contribution in [0.25, 0.3) is 0 Å². The topological polar surface area (TPSA) is 69.7 Å². The predicted octanol–water partition coefficient (Wildman–Crippen LogP) is 2.10. The van der Waals surface area contributed by atoms with Gasteiger partial charge in [-0.05, 0) is 48.9 Å². The SMILES string of the molecule is O=C(c1cccc(CN2C(=O)CSC2=O)c1)N1CCC2(CCNC2)CC1. The van der Waals surface area contributed by atoms with E-state index in [4.69, 9.17) is 0 Å². The molecule has 26 heavy (non-hydrogen) atoms. The number of carbonyl (C=O) groups excluding carboxylic acids is 3.